The fraction of sp³-hybridized carbons (Fsp3) is 1.00. The van der Waals surface area contributed by atoms with E-state index >= 15 is 0 Å². The fourth-order valence-electron chi connectivity index (χ4n) is 2.14. The molecule has 0 aromatic carbocycles. The maximum atomic E-state index is 6.21. The van der Waals surface area contributed by atoms with E-state index in [1.165, 1.54) is 38.5 Å². The molecular formula is C11H24N2. The first-order valence-electron chi connectivity index (χ1n) is 5.69. The standard InChI is InChI=1S/C11H24N2/c1-3-4-7-10(12)11(2)8-5-6-9-13-11/h10,13H,3-9,12H2,1-2H3/t10?,11-/m0/s1. The zero-order valence-corrected chi connectivity index (χ0v) is 9.10. The monoisotopic (exact) mass is 184 g/mol. The average molecular weight is 184 g/mol. The largest absolute Gasteiger partial charge is 0.326 e. The van der Waals surface area contributed by atoms with Crippen LogP contribution in [0.15, 0.2) is 0 Å². The van der Waals surface area contributed by atoms with Gasteiger partial charge in [0, 0.05) is 11.6 Å². The Bertz CT molecular complexity index is 139. The summed E-state index contributed by atoms with van der Waals surface area (Å²) >= 11 is 0. The zero-order valence-electron chi connectivity index (χ0n) is 9.10. The van der Waals surface area contributed by atoms with Crippen LogP contribution in [0, 0.1) is 0 Å². The summed E-state index contributed by atoms with van der Waals surface area (Å²) in [4.78, 5) is 0. The normalized spacial score (nSPS) is 31.6. The Kier molecular flexibility index (Phi) is 4.20. The Morgan fingerprint density at radius 2 is 2.23 bits per heavy atom. The summed E-state index contributed by atoms with van der Waals surface area (Å²) in [6, 6.07) is 0.341. The molecule has 0 bridgehead atoms. The maximum Gasteiger partial charge on any atom is 0.0304 e. The van der Waals surface area contributed by atoms with E-state index in [0.29, 0.717) is 6.04 Å². The molecule has 0 aliphatic carbocycles. The SMILES string of the molecule is CCCCC(N)[C@]1(C)CCCCN1. The fourth-order valence-corrected chi connectivity index (χ4v) is 2.14. The van der Waals surface area contributed by atoms with E-state index in [4.69, 9.17) is 5.73 Å². The predicted octanol–water partition coefficient (Wildman–Crippen LogP) is 2.04. The molecule has 0 aromatic heterocycles. The van der Waals surface area contributed by atoms with Crippen LogP contribution in [0.4, 0.5) is 0 Å². The molecule has 0 radical (unpaired) electrons. The highest BCUT2D eigenvalue weighted by molar-refractivity contribution is 4.95. The number of unbranched alkanes of at least 4 members (excludes halogenated alkanes) is 1. The van der Waals surface area contributed by atoms with Crippen molar-refractivity contribution in [2.75, 3.05) is 6.54 Å². The smallest absolute Gasteiger partial charge is 0.0304 e. The van der Waals surface area contributed by atoms with Crippen molar-refractivity contribution < 1.29 is 0 Å². The molecule has 3 N–H and O–H groups in total. The summed E-state index contributed by atoms with van der Waals surface area (Å²) in [5.41, 5.74) is 6.42. The van der Waals surface area contributed by atoms with E-state index in [-0.39, 0.29) is 5.54 Å². The van der Waals surface area contributed by atoms with Crippen molar-refractivity contribution in [1.29, 1.82) is 0 Å². The van der Waals surface area contributed by atoms with Gasteiger partial charge in [0.2, 0.25) is 0 Å². The second-order valence-corrected chi connectivity index (χ2v) is 4.55. The molecule has 0 saturated carbocycles. The molecule has 2 nitrogen and oxygen atoms in total. The lowest BCUT2D eigenvalue weighted by molar-refractivity contribution is 0.221. The molecule has 1 saturated heterocycles. The van der Waals surface area contributed by atoms with Gasteiger partial charge in [0.1, 0.15) is 0 Å². The molecule has 1 unspecified atom stereocenters. The maximum absolute atomic E-state index is 6.21. The molecule has 2 atom stereocenters. The second-order valence-electron chi connectivity index (χ2n) is 4.55. The highest BCUT2D eigenvalue weighted by atomic mass is 15.0. The highest BCUT2D eigenvalue weighted by Crippen LogP contribution is 2.23. The molecule has 1 fully saturated rings. The van der Waals surface area contributed by atoms with Crippen molar-refractivity contribution in [2.24, 2.45) is 5.73 Å². The first kappa shape index (κ1) is 11.0. The van der Waals surface area contributed by atoms with Crippen LogP contribution >= 0.6 is 0 Å². The number of rotatable bonds is 4. The first-order valence-corrected chi connectivity index (χ1v) is 5.69. The van der Waals surface area contributed by atoms with Crippen LogP contribution in [0.3, 0.4) is 0 Å². The lowest BCUT2D eigenvalue weighted by Gasteiger charge is -2.40. The van der Waals surface area contributed by atoms with E-state index < -0.39 is 0 Å². The van der Waals surface area contributed by atoms with Gasteiger partial charge in [-0.05, 0) is 32.7 Å². The summed E-state index contributed by atoms with van der Waals surface area (Å²) in [6.45, 7) is 5.66. The van der Waals surface area contributed by atoms with Crippen molar-refractivity contribution in [2.45, 2.75) is 64.0 Å². The van der Waals surface area contributed by atoms with Crippen LogP contribution in [0.5, 0.6) is 0 Å². The lowest BCUT2D eigenvalue weighted by atomic mass is 9.82. The lowest BCUT2D eigenvalue weighted by Crippen LogP contribution is -2.58. The van der Waals surface area contributed by atoms with Gasteiger partial charge < -0.3 is 11.1 Å². The van der Waals surface area contributed by atoms with Crippen molar-refractivity contribution >= 4 is 0 Å². The minimum Gasteiger partial charge on any atom is -0.326 e. The van der Waals surface area contributed by atoms with Gasteiger partial charge in [0.15, 0.2) is 0 Å². The molecule has 1 aliphatic rings. The van der Waals surface area contributed by atoms with E-state index in [0.717, 1.165) is 6.54 Å². The molecule has 78 valence electrons. The van der Waals surface area contributed by atoms with Gasteiger partial charge in [-0.3, -0.25) is 0 Å². The second kappa shape index (κ2) is 4.97. The number of piperidine rings is 1. The van der Waals surface area contributed by atoms with Crippen LogP contribution in [0.2, 0.25) is 0 Å². The van der Waals surface area contributed by atoms with Gasteiger partial charge in [-0.15, -0.1) is 0 Å². The van der Waals surface area contributed by atoms with Crippen molar-refractivity contribution in [1.82, 2.24) is 5.32 Å². The molecular weight excluding hydrogens is 160 g/mol. The van der Waals surface area contributed by atoms with E-state index in [9.17, 15) is 0 Å². The van der Waals surface area contributed by atoms with Gasteiger partial charge in [0.05, 0.1) is 0 Å². The molecule has 1 heterocycles. The summed E-state index contributed by atoms with van der Waals surface area (Å²) in [5, 5.41) is 3.58. The van der Waals surface area contributed by atoms with Crippen molar-refractivity contribution in [3.63, 3.8) is 0 Å². The van der Waals surface area contributed by atoms with E-state index in [1.807, 2.05) is 0 Å². The first-order chi connectivity index (χ1) is 6.19. The Labute approximate surface area is 82.3 Å². The molecule has 0 spiro atoms. The van der Waals surface area contributed by atoms with Crippen molar-refractivity contribution in [3.8, 4) is 0 Å². The van der Waals surface area contributed by atoms with Crippen molar-refractivity contribution in [3.05, 3.63) is 0 Å². The topological polar surface area (TPSA) is 38.0 Å². The van der Waals surface area contributed by atoms with Crippen LogP contribution in [-0.4, -0.2) is 18.1 Å². The molecule has 13 heavy (non-hydrogen) atoms. The van der Waals surface area contributed by atoms with Crippen LogP contribution in [0.25, 0.3) is 0 Å². The minimum atomic E-state index is 0.216. The molecule has 1 aliphatic heterocycles. The number of hydrogen-bond acceptors (Lipinski definition) is 2. The summed E-state index contributed by atoms with van der Waals surface area (Å²) < 4.78 is 0. The average Bonchev–Trinajstić information content (AvgIpc) is 2.15. The number of hydrogen-bond donors (Lipinski definition) is 2. The summed E-state index contributed by atoms with van der Waals surface area (Å²) in [7, 11) is 0. The number of nitrogens with two attached hydrogens (primary N) is 1. The van der Waals surface area contributed by atoms with Gasteiger partial charge in [-0.1, -0.05) is 26.2 Å². The summed E-state index contributed by atoms with van der Waals surface area (Å²) in [6.07, 6.45) is 7.58. The van der Waals surface area contributed by atoms with Gasteiger partial charge in [0.25, 0.3) is 0 Å². The van der Waals surface area contributed by atoms with Gasteiger partial charge in [-0.25, -0.2) is 0 Å². The minimum absolute atomic E-state index is 0.216. The summed E-state index contributed by atoms with van der Waals surface area (Å²) in [5.74, 6) is 0. The quantitative estimate of drug-likeness (QED) is 0.701. The molecule has 2 heteroatoms. The van der Waals surface area contributed by atoms with Crippen LogP contribution < -0.4 is 11.1 Å². The Balaban J connectivity index is 2.37. The van der Waals surface area contributed by atoms with Crippen LogP contribution in [-0.2, 0) is 0 Å². The highest BCUT2D eigenvalue weighted by Gasteiger charge is 2.31. The third kappa shape index (κ3) is 2.96. The Morgan fingerprint density at radius 1 is 1.46 bits per heavy atom. The third-order valence-corrected chi connectivity index (χ3v) is 3.34. The van der Waals surface area contributed by atoms with E-state index in [1.54, 1.807) is 0 Å². The Morgan fingerprint density at radius 3 is 2.77 bits per heavy atom. The predicted molar refractivity (Wildman–Crippen MR) is 57.8 cm³/mol. The molecule has 1 rings (SSSR count). The number of nitrogens with one attached hydrogen (secondary N) is 1. The Hall–Kier alpha value is -0.0800. The third-order valence-electron chi connectivity index (χ3n) is 3.34. The van der Waals surface area contributed by atoms with Crippen LogP contribution in [0.1, 0.15) is 52.4 Å². The molecule has 0 aromatic rings. The van der Waals surface area contributed by atoms with Gasteiger partial charge >= 0.3 is 0 Å². The van der Waals surface area contributed by atoms with Gasteiger partial charge in [-0.2, -0.15) is 0 Å². The van der Waals surface area contributed by atoms with E-state index in [2.05, 4.69) is 19.2 Å². The zero-order chi connectivity index (χ0) is 9.73. The molecule has 0 amide bonds.